The second-order valence-corrected chi connectivity index (χ2v) is 5.85. The third-order valence-electron chi connectivity index (χ3n) is 3.68. The van der Waals surface area contributed by atoms with Gasteiger partial charge in [0.2, 0.25) is 11.8 Å². The molecule has 0 saturated carbocycles. The van der Waals surface area contributed by atoms with Gasteiger partial charge < -0.3 is 11.1 Å². The van der Waals surface area contributed by atoms with Gasteiger partial charge in [-0.15, -0.1) is 0 Å². The van der Waals surface area contributed by atoms with Crippen LogP contribution in [0.25, 0.3) is 0 Å². The third kappa shape index (κ3) is 16.9. The van der Waals surface area contributed by atoms with Crippen molar-refractivity contribution in [3.05, 3.63) is 0 Å². The van der Waals surface area contributed by atoms with E-state index >= 15 is 0 Å². The number of primary amides is 1. The molecule has 0 aliphatic carbocycles. The fourth-order valence-electron chi connectivity index (χ4n) is 2.34. The van der Waals surface area contributed by atoms with Crippen molar-refractivity contribution in [2.75, 3.05) is 6.54 Å². The molecule has 21 heavy (non-hydrogen) atoms. The number of unbranched alkanes of at least 4 members (excludes halogenated alkanes) is 9. The minimum Gasteiger partial charge on any atom is -0.370 e. The number of carbonyl (C=O) groups excluding carboxylic acids is 2. The lowest BCUT2D eigenvalue weighted by Crippen LogP contribution is -2.24. The molecule has 0 radical (unpaired) electrons. The van der Waals surface area contributed by atoms with Crippen LogP contribution in [0.2, 0.25) is 0 Å². The van der Waals surface area contributed by atoms with Gasteiger partial charge in [-0.05, 0) is 19.3 Å². The maximum absolute atomic E-state index is 11.5. The molecule has 0 aliphatic rings. The Morgan fingerprint density at radius 3 is 1.86 bits per heavy atom. The molecule has 0 aromatic rings. The third-order valence-corrected chi connectivity index (χ3v) is 3.68. The van der Waals surface area contributed by atoms with Crippen LogP contribution < -0.4 is 11.1 Å². The minimum atomic E-state index is -0.287. The van der Waals surface area contributed by atoms with E-state index in [1.54, 1.807) is 0 Å². The van der Waals surface area contributed by atoms with Crippen molar-refractivity contribution < 1.29 is 9.59 Å². The standard InChI is InChI=1S/C17H34N2O2/c1-2-3-4-5-6-7-8-9-12-15-19-17(21)14-11-10-13-16(18)20/h2-15H2,1H3,(H2,18,20)(H,19,21). The molecule has 0 spiro atoms. The summed E-state index contributed by atoms with van der Waals surface area (Å²) in [5.41, 5.74) is 5.04. The predicted molar refractivity (Wildman–Crippen MR) is 87.9 cm³/mol. The molecule has 2 amide bonds. The van der Waals surface area contributed by atoms with Crippen molar-refractivity contribution >= 4 is 11.8 Å². The van der Waals surface area contributed by atoms with Gasteiger partial charge in [-0.2, -0.15) is 0 Å². The first-order valence-electron chi connectivity index (χ1n) is 8.71. The number of rotatable bonds is 15. The molecule has 0 heterocycles. The number of amides is 2. The van der Waals surface area contributed by atoms with Gasteiger partial charge in [-0.25, -0.2) is 0 Å². The van der Waals surface area contributed by atoms with Crippen LogP contribution in [0.5, 0.6) is 0 Å². The van der Waals surface area contributed by atoms with Crippen LogP contribution in [0.1, 0.15) is 90.4 Å². The Morgan fingerprint density at radius 2 is 1.29 bits per heavy atom. The van der Waals surface area contributed by atoms with Gasteiger partial charge in [0.25, 0.3) is 0 Å². The molecule has 0 atom stereocenters. The van der Waals surface area contributed by atoms with Crippen LogP contribution in [-0.4, -0.2) is 18.4 Å². The second-order valence-electron chi connectivity index (χ2n) is 5.85. The molecule has 0 fully saturated rings. The summed E-state index contributed by atoms with van der Waals surface area (Å²) in [6, 6.07) is 0. The average molecular weight is 298 g/mol. The highest BCUT2D eigenvalue weighted by molar-refractivity contribution is 5.76. The Hall–Kier alpha value is -1.06. The Kier molecular flexibility index (Phi) is 14.6. The zero-order chi connectivity index (χ0) is 15.8. The molecule has 0 aromatic carbocycles. The SMILES string of the molecule is CCCCCCCCCCCNC(=O)CCCCC(N)=O. The van der Waals surface area contributed by atoms with E-state index in [1.807, 2.05) is 0 Å². The van der Waals surface area contributed by atoms with Gasteiger partial charge in [0.1, 0.15) is 0 Å². The Morgan fingerprint density at radius 1 is 0.762 bits per heavy atom. The van der Waals surface area contributed by atoms with Gasteiger partial charge in [-0.3, -0.25) is 9.59 Å². The largest absolute Gasteiger partial charge is 0.370 e. The van der Waals surface area contributed by atoms with Gasteiger partial charge in [0.05, 0.1) is 0 Å². The molecule has 4 heteroatoms. The first-order valence-corrected chi connectivity index (χ1v) is 8.71. The van der Waals surface area contributed by atoms with E-state index in [2.05, 4.69) is 12.2 Å². The Balaban J connectivity index is 3.16. The highest BCUT2D eigenvalue weighted by atomic mass is 16.1. The molecule has 3 N–H and O–H groups in total. The lowest BCUT2D eigenvalue weighted by atomic mass is 10.1. The Labute approximate surface area is 130 Å². The lowest BCUT2D eigenvalue weighted by Gasteiger charge is -2.05. The van der Waals surface area contributed by atoms with Crippen LogP contribution in [0.3, 0.4) is 0 Å². The van der Waals surface area contributed by atoms with Crippen LogP contribution in [0.15, 0.2) is 0 Å². The summed E-state index contributed by atoms with van der Waals surface area (Å²) >= 11 is 0. The summed E-state index contributed by atoms with van der Waals surface area (Å²) in [7, 11) is 0. The monoisotopic (exact) mass is 298 g/mol. The summed E-state index contributed by atoms with van der Waals surface area (Å²) in [6.07, 6.45) is 14.0. The number of hydrogen-bond acceptors (Lipinski definition) is 2. The number of hydrogen-bond donors (Lipinski definition) is 2. The summed E-state index contributed by atoms with van der Waals surface area (Å²) in [4.78, 5) is 22.0. The fraction of sp³-hybridized carbons (Fsp3) is 0.882. The van der Waals surface area contributed by atoms with Crippen LogP contribution in [-0.2, 0) is 9.59 Å². The summed E-state index contributed by atoms with van der Waals surface area (Å²) in [5.74, 6) is -0.191. The van der Waals surface area contributed by atoms with E-state index in [-0.39, 0.29) is 11.8 Å². The van der Waals surface area contributed by atoms with Gasteiger partial charge >= 0.3 is 0 Å². The van der Waals surface area contributed by atoms with E-state index in [0.29, 0.717) is 19.3 Å². The van der Waals surface area contributed by atoms with E-state index < -0.39 is 0 Å². The number of carbonyl (C=O) groups is 2. The van der Waals surface area contributed by atoms with Crippen molar-refractivity contribution in [3.8, 4) is 0 Å². The molecule has 0 unspecified atom stereocenters. The van der Waals surface area contributed by atoms with E-state index in [1.165, 1.54) is 51.4 Å². The van der Waals surface area contributed by atoms with E-state index in [4.69, 9.17) is 5.73 Å². The molecular formula is C17H34N2O2. The van der Waals surface area contributed by atoms with Crippen molar-refractivity contribution in [1.29, 1.82) is 0 Å². The minimum absolute atomic E-state index is 0.0963. The highest BCUT2D eigenvalue weighted by Crippen LogP contribution is 2.09. The van der Waals surface area contributed by atoms with E-state index in [0.717, 1.165) is 19.4 Å². The molecule has 124 valence electrons. The molecule has 0 bridgehead atoms. The summed E-state index contributed by atoms with van der Waals surface area (Å²) < 4.78 is 0. The molecule has 0 saturated heterocycles. The molecule has 0 rings (SSSR count). The van der Waals surface area contributed by atoms with Gasteiger partial charge in [0, 0.05) is 19.4 Å². The maximum Gasteiger partial charge on any atom is 0.219 e. The number of nitrogens with one attached hydrogen (secondary N) is 1. The van der Waals surface area contributed by atoms with Crippen molar-refractivity contribution in [2.24, 2.45) is 5.73 Å². The highest BCUT2D eigenvalue weighted by Gasteiger charge is 2.01. The van der Waals surface area contributed by atoms with Crippen LogP contribution >= 0.6 is 0 Å². The maximum atomic E-state index is 11.5. The van der Waals surface area contributed by atoms with Gasteiger partial charge in [0.15, 0.2) is 0 Å². The van der Waals surface area contributed by atoms with Gasteiger partial charge in [-0.1, -0.05) is 58.3 Å². The molecule has 0 aromatic heterocycles. The van der Waals surface area contributed by atoms with E-state index in [9.17, 15) is 9.59 Å². The first kappa shape index (κ1) is 19.9. The Bertz CT molecular complexity index is 268. The number of nitrogens with two attached hydrogens (primary N) is 1. The quantitative estimate of drug-likeness (QED) is 0.453. The predicted octanol–water partition coefficient (Wildman–Crippen LogP) is 3.68. The normalized spacial score (nSPS) is 10.5. The molecule has 4 nitrogen and oxygen atoms in total. The van der Waals surface area contributed by atoms with Crippen molar-refractivity contribution in [1.82, 2.24) is 5.32 Å². The van der Waals surface area contributed by atoms with Crippen molar-refractivity contribution in [2.45, 2.75) is 90.4 Å². The topological polar surface area (TPSA) is 72.2 Å². The average Bonchev–Trinajstić information content (AvgIpc) is 2.45. The molecular weight excluding hydrogens is 264 g/mol. The summed E-state index contributed by atoms with van der Waals surface area (Å²) in [6.45, 7) is 3.02. The second kappa shape index (κ2) is 15.3. The smallest absolute Gasteiger partial charge is 0.219 e. The lowest BCUT2D eigenvalue weighted by molar-refractivity contribution is -0.122. The zero-order valence-electron chi connectivity index (χ0n) is 13.8. The van der Waals surface area contributed by atoms with Crippen molar-refractivity contribution in [3.63, 3.8) is 0 Å². The van der Waals surface area contributed by atoms with Crippen LogP contribution in [0, 0.1) is 0 Å². The zero-order valence-corrected chi connectivity index (χ0v) is 13.8. The first-order chi connectivity index (χ1) is 10.2. The fourth-order valence-corrected chi connectivity index (χ4v) is 2.34. The summed E-state index contributed by atoms with van der Waals surface area (Å²) in [5, 5.41) is 2.93. The van der Waals surface area contributed by atoms with Crippen LogP contribution in [0.4, 0.5) is 0 Å². The molecule has 0 aliphatic heterocycles.